The second-order valence-corrected chi connectivity index (χ2v) is 8.31. The molecule has 25 heavy (non-hydrogen) atoms. The van der Waals surface area contributed by atoms with Crippen LogP contribution in [-0.2, 0) is 4.79 Å². The Morgan fingerprint density at radius 2 is 2.36 bits per heavy atom. The van der Waals surface area contributed by atoms with Crippen LogP contribution in [0.5, 0.6) is 5.75 Å². The number of nitrogens with zero attached hydrogens (tertiary/aromatic N) is 3. The number of carbonyl (C=O) groups is 1. The highest BCUT2D eigenvalue weighted by Crippen LogP contribution is 2.30. The molecular formula is C16H23N3O3S3. The van der Waals surface area contributed by atoms with Gasteiger partial charge in [-0.2, -0.15) is 24.4 Å². The zero-order valence-electron chi connectivity index (χ0n) is 14.2. The topological polar surface area (TPSA) is 86.0 Å². The van der Waals surface area contributed by atoms with Crippen LogP contribution in [0.25, 0.3) is 0 Å². The molecule has 1 aliphatic heterocycles. The summed E-state index contributed by atoms with van der Waals surface area (Å²) in [4.78, 5) is 22.4. The molecule has 1 aliphatic rings. The fraction of sp³-hybridized carbons (Fsp3) is 0.562. The molecule has 3 atom stereocenters. The molecule has 0 bridgehead atoms. The van der Waals surface area contributed by atoms with Crippen LogP contribution in [0, 0.1) is 0 Å². The number of hydrogen-bond donors (Lipinski definition) is 3. The summed E-state index contributed by atoms with van der Waals surface area (Å²) in [5.41, 5.74) is 0.489. The van der Waals surface area contributed by atoms with Crippen molar-refractivity contribution in [2.24, 2.45) is 4.99 Å². The fourth-order valence-electron chi connectivity index (χ4n) is 2.63. The lowest BCUT2D eigenvalue weighted by molar-refractivity contribution is -0.142. The Morgan fingerprint density at radius 1 is 1.60 bits per heavy atom. The van der Waals surface area contributed by atoms with E-state index in [2.05, 4.69) is 24.5 Å². The van der Waals surface area contributed by atoms with Gasteiger partial charge in [0.2, 0.25) is 0 Å². The molecule has 0 saturated heterocycles. The quantitative estimate of drug-likeness (QED) is 0.546. The molecule has 0 aromatic carbocycles. The summed E-state index contributed by atoms with van der Waals surface area (Å²) >= 11 is 7.52. The van der Waals surface area contributed by atoms with Crippen LogP contribution in [0.15, 0.2) is 23.3 Å². The van der Waals surface area contributed by atoms with Crippen LogP contribution < -0.4 is 0 Å². The van der Waals surface area contributed by atoms with Crippen molar-refractivity contribution in [3.8, 4) is 5.75 Å². The van der Waals surface area contributed by atoms with Crippen molar-refractivity contribution in [1.29, 1.82) is 0 Å². The maximum Gasteiger partial charge on any atom is 0.321 e. The summed E-state index contributed by atoms with van der Waals surface area (Å²) < 4.78 is 0. The van der Waals surface area contributed by atoms with Crippen molar-refractivity contribution in [1.82, 2.24) is 9.88 Å². The first kappa shape index (κ1) is 20.4. The third-order valence-corrected chi connectivity index (χ3v) is 6.48. The van der Waals surface area contributed by atoms with Gasteiger partial charge in [0.05, 0.1) is 6.04 Å². The van der Waals surface area contributed by atoms with E-state index in [0.29, 0.717) is 10.7 Å². The first-order valence-corrected chi connectivity index (χ1v) is 10.7. The summed E-state index contributed by atoms with van der Waals surface area (Å²) in [6, 6.07) is 2.55. The lowest BCUT2D eigenvalue weighted by Crippen LogP contribution is -2.51. The molecular weight excluding hydrogens is 378 g/mol. The largest absolute Gasteiger partial charge is 0.506 e. The average molecular weight is 402 g/mol. The molecule has 1 aromatic heterocycles. The Morgan fingerprint density at radius 3 is 2.96 bits per heavy atom. The van der Waals surface area contributed by atoms with Gasteiger partial charge in [-0.15, -0.1) is 11.8 Å². The van der Waals surface area contributed by atoms with E-state index < -0.39 is 12.0 Å². The van der Waals surface area contributed by atoms with Crippen LogP contribution in [-0.4, -0.2) is 79.3 Å². The number of rotatable bonds is 9. The first-order valence-electron chi connectivity index (χ1n) is 7.97. The normalized spacial score (nSPS) is 19.7. The zero-order chi connectivity index (χ0) is 18.4. The minimum absolute atomic E-state index is 0.0194. The van der Waals surface area contributed by atoms with E-state index in [-0.39, 0.29) is 23.6 Å². The Labute approximate surface area is 161 Å². The van der Waals surface area contributed by atoms with Gasteiger partial charge in [0.25, 0.3) is 0 Å². The molecule has 0 saturated carbocycles. The van der Waals surface area contributed by atoms with Crippen molar-refractivity contribution < 1.29 is 15.0 Å². The number of aromatic hydroxyl groups is 1. The van der Waals surface area contributed by atoms with Crippen LogP contribution in [0.4, 0.5) is 0 Å². The predicted octanol–water partition coefficient (Wildman–Crippen LogP) is 2.09. The van der Waals surface area contributed by atoms with Crippen molar-refractivity contribution in [2.75, 3.05) is 30.1 Å². The molecule has 0 aliphatic carbocycles. The van der Waals surface area contributed by atoms with E-state index in [1.54, 1.807) is 41.9 Å². The van der Waals surface area contributed by atoms with Gasteiger partial charge in [-0.1, -0.05) is 6.92 Å². The fourth-order valence-corrected chi connectivity index (χ4v) is 5.11. The van der Waals surface area contributed by atoms with Gasteiger partial charge in [-0.3, -0.25) is 19.7 Å². The van der Waals surface area contributed by atoms with Gasteiger partial charge < -0.3 is 10.2 Å². The Kier molecular flexibility index (Phi) is 7.92. The second kappa shape index (κ2) is 9.70. The molecule has 0 fully saturated rings. The Hall–Kier alpha value is -0.900. The summed E-state index contributed by atoms with van der Waals surface area (Å²) in [7, 11) is 1.83. The zero-order valence-corrected chi connectivity index (χ0v) is 16.7. The lowest BCUT2D eigenvalue weighted by Gasteiger charge is -2.34. The van der Waals surface area contributed by atoms with Crippen molar-refractivity contribution in [3.63, 3.8) is 0 Å². The van der Waals surface area contributed by atoms with Gasteiger partial charge in [0.1, 0.15) is 22.5 Å². The van der Waals surface area contributed by atoms with Crippen LogP contribution in [0.1, 0.15) is 12.6 Å². The monoisotopic (exact) mass is 401 g/mol. The smallest absolute Gasteiger partial charge is 0.321 e. The number of thioether (sulfide) groups is 2. The van der Waals surface area contributed by atoms with Crippen LogP contribution in [0.3, 0.4) is 0 Å². The van der Waals surface area contributed by atoms with Crippen molar-refractivity contribution >= 4 is 47.2 Å². The third-order valence-electron chi connectivity index (χ3n) is 4.07. The standard InChI is InChI=1S/C16H23N3O3S3/c1-3-24-9-12(19(2)11(7-23)16(21)22)10-8-25-15(18-10)14-13(20)5-4-6-17-14/h4-6,10-12,20,23H,3,7-9H2,1-2H3,(H,21,22)/t10?,11-,12?/m1/s1. The Balaban J connectivity index is 2.23. The number of aromatic nitrogens is 1. The highest BCUT2D eigenvalue weighted by atomic mass is 32.2. The number of aliphatic imine (C=N–C) groups is 1. The van der Waals surface area contributed by atoms with E-state index in [9.17, 15) is 15.0 Å². The van der Waals surface area contributed by atoms with Crippen LogP contribution in [0.2, 0.25) is 0 Å². The molecule has 2 N–H and O–H groups in total. The van der Waals surface area contributed by atoms with Gasteiger partial charge in [-0.25, -0.2) is 0 Å². The number of thiol groups is 1. The SMILES string of the molecule is CCSCC(C1CSC(c2ncccc2O)=N1)N(C)[C@H](CS)C(=O)O. The van der Waals surface area contributed by atoms with Gasteiger partial charge >= 0.3 is 5.97 Å². The highest BCUT2D eigenvalue weighted by molar-refractivity contribution is 8.14. The van der Waals surface area contributed by atoms with Crippen molar-refractivity contribution in [2.45, 2.75) is 25.0 Å². The molecule has 6 nitrogen and oxygen atoms in total. The molecule has 2 unspecified atom stereocenters. The molecule has 0 amide bonds. The van der Waals surface area contributed by atoms with E-state index in [1.165, 1.54) is 0 Å². The maximum absolute atomic E-state index is 11.5. The summed E-state index contributed by atoms with van der Waals surface area (Å²) in [5.74, 6) is 1.98. The Bertz CT molecular complexity index is 630. The number of likely N-dealkylation sites (N-methyl/N-ethyl adjacent to an activating group) is 1. The molecule has 1 aromatic rings. The lowest BCUT2D eigenvalue weighted by atomic mass is 10.1. The van der Waals surface area contributed by atoms with Gasteiger partial charge in [0, 0.05) is 29.5 Å². The minimum atomic E-state index is -0.874. The average Bonchev–Trinajstić information content (AvgIpc) is 3.05. The second-order valence-electron chi connectivity index (χ2n) is 5.61. The molecule has 138 valence electrons. The number of carboxylic acid groups (broad SMARTS) is 1. The molecule has 2 heterocycles. The van der Waals surface area contributed by atoms with E-state index in [0.717, 1.165) is 17.3 Å². The minimum Gasteiger partial charge on any atom is -0.506 e. The van der Waals surface area contributed by atoms with Gasteiger partial charge in [-0.05, 0) is 24.9 Å². The number of hydrogen-bond acceptors (Lipinski definition) is 8. The molecule has 0 spiro atoms. The predicted molar refractivity (Wildman–Crippen MR) is 109 cm³/mol. The number of pyridine rings is 1. The number of carboxylic acids is 1. The van der Waals surface area contributed by atoms with E-state index in [4.69, 9.17) is 4.99 Å². The first-order chi connectivity index (χ1) is 12.0. The molecule has 2 rings (SSSR count). The highest BCUT2D eigenvalue weighted by Gasteiger charge is 2.35. The van der Waals surface area contributed by atoms with Crippen LogP contribution >= 0.6 is 36.2 Å². The summed E-state index contributed by atoms with van der Waals surface area (Å²) in [5, 5.41) is 20.1. The van der Waals surface area contributed by atoms with Gasteiger partial charge in [0.15, 0.2) is 0 Å². The molecule has 9 heteroatoms. The van der Waals surface area contributed by atoms with E-state index >= 15 is 0 Å². The number of aliphatic carboxylic acids is 1. The van der Waals surface area contributed by atoms with Crippen molar-refractivity contribution in [3.05, 3.63) is 24.0 Å². The summed E-state index contributed by atoms with van der Waals surface area (Å²) in [6.45, 7) is 2.08. The molecule has 0 radical (unpaired) electrons. The van der Waals surface area contributed by atoms with E-state index in [1.807, 2.05) is 11.9 Å². The third kappa shape index (κ3) is 5.06. The maximum atomic E-state index is 11.5. The summed E-state index contributed by atoms with van der Waals surface area (Å²) in [6.07, 6.45) is 1.63.